The van der Waals surface area contributed by atoms with Gasteiger partial charge in [0.1, 0.15) is 0 Å². The molecule has 1 rings (SSSR count). The number of nitrogens with one attached hydrogen (secondary N) is 1. The van der Waals surface area contributed by atoms with E-state index in [1.807, 2.05) is 0 Å². The van der Waals surface area contributed by atoms with Crippen LogP contribution in [0, 0.1) is 19.8 Å². The maximum absolute atomic E-state index is 5.07. The summed E-state index contributed by atoms with van der Waals surface area (Å²) in [5, 5.41) is 3.50. The van der Waals surface area contributed by atoms with E-state index in [1.165, 1.54) is 36.0 Å². The molecule has 1 aromatic rings. The number of benzene rings is 1. The summed E-state index contributed by atoms with van der Waals surface area (Å²) in [7, 11) is 1.75. The second-order valence-corrected chi connectivity index (χ2v) is 5.49. The van der Waals surface area contributed by atoms with Crippen LogP contribution in [0.25, 0.3) is 0 Å². The quantitative estimate of drug-likeness (QED) is 0.689. The molecule has 0 aliphatic carbocycles. The summed E-state index contributed by atoms with van der Waals surface area (Å²) in [6.45, 7) is 9.49. The van der Waals surface area contributed by atoms with Crippen LogP contribution in [0.15, 0.2) is 18.2 Å². The van der Waals surface area contributed by atoms with E-state index in [2.05, 4.69) is 44.3 Å². The van der Waals surface area contributed by atoms with Crippen molar-refractivity contribution in [3.8, 4) is 0 Å². The summed E-state index contributed by atoms with van der Waals surface area (Å²) in [6, 6.07) is 6.78. The monoisotopic (exact) mass is 263 g/mol. The first-order valence-electron chi connectivity index (χ1n) is 7.43. The van der Waals surface area contributed by atoms with E-state index in [4.69, 9.17) is 4.74 Å². The summed E-state index contributed by atoms with van der Waals surface area (Å²) in [5.74, 6) is 0.724. The van der Waals surface area contributed by atoms with Gasteiger partial charge in [-0.1, -0.05) is 37.1 Å². The first-order chi connectivity index (χ1) is 9.17. The fourth-order valence-electron chi connectivity index (χ4n) is 2.50. The average Bonchev–Trinajstić information content (AvgIpc) is 2.39. The number of aryl methyl sites for hydroxylation is 2. The highest BCUT2D eigenvalue weighted by atomic mass is 16.5. The second kappa shape index (κ2) is 9.11. The molecule has 1 atom stereocenters. The third-order valence-corrected chi connectivity index (χ3v) is 3.63. The predicted octanol–water partition coefficient (Wildman–Crippen LogP) is 3.50. The van der Waals surface area contributed by atoms with E-state index in [0.29, 0.717) is 0 Å². The highest BCUT2D eigenvalue weighted by Crippen LogP contribution is 2.18. The lowest BCUT2D eigenvalue weighted by molar-refractivity contribution is 0.197. The minimum Gasteiger partial charge on any atom is -0.383 e. The Kier molecular flexibility index (Phi) is 7.76. The number of hydrogen-bond acceptors (Lipinski definition) is 2. The van der Waals surface area contributed by atoms with Crippen LogP contribution in [0.4, 0.5) is 0 Å². The van der Waals surface area contributed by atoms with Gasteiger partial charge >= 0.3 is 0 Å². The average molecular weight is 263 g/mol. The lowest BCUT2D eigenvalue weighted by Gasteiger charge is -2.18. The zero-order valence-corrected chi connectivity index (χ0v) is 13.0. The fourth-order valence-corrected chi connectivity index (χ4v) is 2.50. The molecule has 1 aromatic carbocycles. The van der Waals surface area contributed by atoms with Crippen molar-refractivity contribution in [1.82, 2.24) is 5.32 Å². The first-order valence-corrected chi connectivity index (χ1v) is 7.43. The maximum Gasteiger partial charge on any atom is 0.0587 e. The van der Waals surface area contributed by atoms with Gasteiger partial charge in [-0.25, -0.2) is 0 Å². The van der Waals surface area contributed by atoms with E-state index >= 15 is 0 Å². The van der Waals surface area contributed by atoms with Crippen LogP contribution in [-0.2, 0) is 11.2 Å². The Morgan fingerprint density at radius 1 is 1.26 bits per heavy atom. The van der Waals surface area contributed by atoms with Crippen molar-refractivity contribution in [3.05, 3.63) is 34.9 Å². The first kappa shape index (κ1) is 16.2. The SMILES string of the molecule is CCCC(CNCCOC)Cc1cc(C)ccc1C. The van der Waals surface area contributed by atoms with Crippen molar-refractivity contribution in [2.45, 2.75) is 40.0 Å². The van der Waals surface area contributed by atoms with Gasteiger partial charge in [0.25, 0.3) is 0 Å². The highest BCUT2D eigenvalue weighted by Gasteiger charge is 2.10. The lowest BCUT2D eigenvalue weighted by atomic mass is 9.91. The standard InChI is InChI=1S/C17H29NO/c1-5-6-16(13-18-9-10-19-4)12-17-11-14(2)7-8-15(17)3/h7-8,11,16,18H,5-6,9-10,12-13H2,1-4H3. The van der Waals surface area contributed by atoms with Gasteiger partial charge in [0.2, 0.25) is 0 Å². The molecule has 0 bridgehead atoms. The Hall–Kier alpha value is -0.860. The topological polar surface area (TPSA) is 21.3 Å². The van der Waals surface area contributed by atoms with Gasteiger partial charge in [0.15, 0.2) is 0 Å². The molecule has 1 N–H and O–H groups in total. The molecule has 1 unspecified atom stereocenters. The van der Waals surface area contributed by atoms with E-state index in [-0.39, 0.29) is 0 Å². The van der Waals surface area contributed by atoms with E-state index in [9.17, 15) is 0 Å². The molecule has 0 fully saturated rings. The Morgan fingerprint density at radius 3 is 2.74 bits per heavy atom. The third-order valence-electron chi connectivity index (χ3n) is 3.63. The van der Waals surface area contributed by atoms with Crippen molar-refractivity contribution in [3.63, 3.8) is 0 Å². The highest BCUT2D eigenvalue weighted by molar-refractivity contribution is 5.30. The van der Waals surface area contributed by atoms with Gasteiger partial charge in [0, 0.05) is 13.7 Å². The summed E-state index contributed by atoms with van der Waals surface area (Å²) in [4.78, 5) is 0. The van der Waals surface area contributed by atoms with Crippen molar-refractivity contribution in [2.75, 3.05) is 26.8 Å². The lowest BCUT2D eigenvalue weighted by Crippen LogP contribution is -2.27. The van der Waals surface area contributed by atoms with Crippen molar-refractivity contribution in [1.29, 1.82) is 0 Å². The molecule has 0 amide bonds. The summed E-state index contributed by atoms with van der Waals surface area (Å²) >= 11 is 0. The number of ether oxygens (including phenoxy) is 1. The van der Waals surface area contributed by atoms with Gasteiger partial charge in [-0.2, -0.15) is 0 Å². The van der Waals surface area contributed by atoms with Crippen molar-refractivity contribution >= 4 is 0 Å². The largest absolute Gasteiger partial charge is 0.383 e. The minimum absolute atomic E-state index is 0.724. The van der Waals surface area contributed by atoms with Gasteiger partial charge in [-0.3, -0.25) is 0 Å². The maximum atomic E-state index is 5.07. The minimum atomic E-state index is 0.724. The molecule has 0 radical (unpaired) electrons. The molecule has 0 aromatic heterocycles. The van der Waals surface area contributed by atoms with Crippen molar-refractivity contribution < 1.29 is 4.74 Å². The van der Waals surface area contributed by atoms with Gasteiger partial charge in [0.05, 0.1) is 6.61 Å². The van der Waals surface area contributed by atoms with Crippen molar-refractivity contribution in [2.24, 2.45) is 5.92 Å². The summed E-state index contributed by atoms with van der Waals surface area (Å²) in [6.07, 6.45) is 3.72. The van der Waals surface area contributed by atoms with Crippen LogP contribution in [0.2, 0.25) is 0 Å². The Morgan fingerprint density at radius 2 is 2.05 bits per heavy atom. The number of hydrogen-bond donors (Lipinski definition) is 1. The molecule has 2 heteroatoms. The molecule has 2 nitrogen and oxygen atoms in total. The van der Waals surface area contributed by atoms with E-state index in [1.54, 1.807) is 7.11 Å². The zero-order chi connectivity index (χ0) is 14.1. The second-order valence-electron chi connectivity index (χ2n) is 5.49. The molecular formula is C17H29NO. The molecule has 0 aliphatic heterocycles. The molecule has 19 heavy (non-hydrogen) atoms. The van der Waals surface area contributed by atoms with Crippen LogP contribution in [-0.4, -0.2) is 26.8 Å². The molecule has 0 saturated heterocycles. The number of methoxy groups -OCH3 is 1. The summed E-state index contributed by atoms with van der Waals surface area (Å²) in [5.41, 5.74) is 4.29. The molecule has 0 saturated carbocycles. The van der Waals surface area contributed by atoms with Crippen LogP contribution in [0.3, 0.4) is 0 Å². The predicted molar refractivity (Wildman–Crippen MR) is 82.8 cm³/mol. The Bertz CT molecular complexity index is 362. The Labute approximate surface area is 118 Å². The normalized spacial score (nSPS) is 12.6. The van der Waals surface area contributed by atoms with E-state index in [0.717, 1.165) is 25.6 Å². The molecule has 0 spiro atoms. The van der Waals surface area contributed by atoms with Crippen LogP contribution in [0.1, 0.15) is 36.5 Å². The fraction of sp³-hybridized carbons (Fsp3) is 0.647. The van der Waals surface area contributed by atoms with Crippen LogP contribution >= 0.6 is 0 Å². The smallest absolute Gasteiger partial charge is 0.0587 e. The Balaban J connectivity index is 2.54. The van der Waals surface area contributed by atoms with Gasteiger partial charge in [-0.05, 0) is 50.3 Å². The van der Waals surface area contributed by atoms with Gasteiger partial charge in [-0.15, -0.1) is 0 Å². The van der Waals surface area contributed by atoms with Crippen LogP contribution in [0.5, 0.6) is 0 Å². The van der Waals surface area contributed by atoms with E-state index < -0.39 is 0 Å². The number of rotatable bonds is 9. The molecule has 0 heterocycles. The summed E-state index contributed by atoms with van der Waals surface area (Å²) < 4.78 is 5.07. The van der Waals surface area contributed by atoms with Gasteiger partial charge < -0.3 is 10.1 Å². The third kappa shape index (κ3) is 6.22. The molecule has 0 aliphatic rings. The molecular weight excluding hydrogens is 234 g/mol. The van der Waals surface area contributed by atoms with Crippen LogP contribution < -0.4 is 5.32 Å². The zero-order valence-electron chi connectivity index (χ0n) is 13.0. The molecule has 108 valence electrons.